The first-order chi connectivity index (χ1) is 7.16. The van der Waals surface area contributed by atoms with Crippen LogP contribution in [-0.4, -0.2) is 4.98 Å². The topological polar surface area (TPSA) is 38.9 Å². The summed E-state index contributed by atoms with van der Waals surface area (Å²) in [5, 5.41) is 2.99. The van der Waals surface area contributed by atoms with E-state index in [1.165, 1.54) is 0 Å². The number of halogens is 1. The fourth-order valence-corrected chi connectivity index (χ4v) is 2.42. The van der Waals surface area contributed by atoms with E-state index in [0.717, 1.165) is 20.7 Å². The monoisotopic (exact) mass is 282 g/mol. The molecular formula is C11H11BrN2S. The zero-order valence-corrected chi connectivity index (χ0v) is 10.7. The lowest BCUT2D eigenvalue weighted by Crippen LogP contribution is -2.11. The third-order valence-corrected chi connectivity index (χ3v) is 3.71. The second kappa shape index (κ2) is 4.43. The van der Waals surface area contributed by atoms with Gasteiger partial charge in [-0.05, 0) is 24.6 Å². The maximum Gasteiger partial charge on any atom is 0.114 e. The van der Waals surface area contributed by atoms with Gasteiger partial charge in [-0.25, -0.2) is 4.98 Å². The number of hydrogen-bond acceptors (Lipinski definition) is 3. The molecule has 1 heterocycles. The van der Waals surface area contributed by atoms with Crippen molar-refractivity contribution < 1.29 is 0 Å². The molecule has 78 valence electrons. The predicted molar refractivity (Wildman–Crippen MR) is 67.0 cm³/mol. The standard InChI is InChI=1S/C11H11BrN2S/c1-7-6-15-11(14-7)10(13)8-2-4-9(12)5-3-8/h2-6,10H,13H2,1H3. The van der Waals surface area contributed by atoms with Crippen molar-refractivity contribution in [2.45, 2.75) is 13.0 Å². The van der Waals surface area contributed by atoms with Crippen molar-refractivity contribution in [1.29, 1.82) is 0 Å². The van der Waals surface area contributed by atoms with Gasteiger partial charge in [0.25, 0.3) is 0 Å². The average Bonchev–Trinajstić information content (AvgIpc) is 2.65. The summed E-state index contributed by atoms with van der Waals surface area (Å²) in [7, 11) is 0. The SMILES string of the molecule is Cc1csc(C(N)c2ccc(Br)cc2)n1. The van der Waals surface area contributed by atoms with E-state index in [9.17, 15) is 0 Å². The molecule has 0 fully saturated rings. The van der Waals surface area contributed by atoms with Crippen molar-refractivity contribution in [3.8, 4) is 0 Å². The Morgan fingerprint density at radius 1 is 1.33 bits per heavy atom. The molecule has 1 aromatic carbocycles. The van der Waals surface area contributed by atoms with E-state index in [1.54, 1.807) is 11.3 Å². The molecule has 2 N–H and O–H groups in total. The highest BCUT2D eigenvalue weighted by molar-refractivity contribution is 9.10. The third-order valence-electron chi connectivity index (χ3n) is 2.13. The zero-order chi connectivity index (χ0) is 10.8. The molecule has 0 aliphatic carbocycles. The molecule has 0 amide bonds. The number of thiazole rings is 1. The van der Waals surface area contributed by atoms with E-state index in [0.29, 0.717) is 0 Å². The molecule has 0 bridgehead atoms. The van der Waals surface area contributed by atoms with Crippen LogP contribution >= 0.6 is 27.3 Å². The third kappa shape index (κ3) is 2.45. The first-order valence-electron chi connectivity index (χ1n) is 4.60. The molecule has 0 saturated carbocycles. The minimum Gasteiger partial charge on any atom is -0.318 e. The van der Waals surface area contributed by atoms with Crippen molar-refractivity contribution in [3.63, 3.8) is 0 Å². The molecule has 1 unspecified atom stereocenters. The highest BCUT2D eigenvalue weighted by Crippen LogP contribution is 2.23. The smallest absolute Gasteiger partial charge is 0.114 e. The van der Waals surface area contributed by atoms with Gasteiger partial charge >= 0.3 is 0 Å². The molecule has 1 atom stereocenters. The molecule has 0 spiro atoms. The minimum absolute atomic E-state index is 0.114. The van der Waals surface area contributed by atoms with Gasteiger partial charge in [-0.3, -0.25) is 0 Å². The highest BCUT2D eigenvalue weighted by atomic mass is 79.9. The van der Waals surface area contributed by atoms with Crippen molar-refractivity contribution >= 4 is 27.3 Å². The number of benzene rings is 1. The Kier molecular flexibility index (Phi) is 3.19. The van der Waals surface area contributed by atoms with Crippen LogP contribution in [0.15, 0.2) is 34.1 Å². The number of hydrogen-bond donors (Lipinski definition) is 1. The number of aromatic nitrogens is 1. The number of nitrogens with two attached hydrogens (primary N) is 1. The number of rotatable bonds is 2. The number of aryl methyl sites for hydroxylation is 1. The Morgan fingerprint density at radius 3 is 2.53 bits per heavy atom. The zero-order valence-electron chi connectivity index (χ0n) is 8.27. The second-order valence-electron chi connectivity index (χ2n) is 3.36. The van der Waals surface area contributed by atoms with Crippen LogP contribution in [0.4, 0.5) is 0 Å². The van der Waals surface area contributed by atoms with Gasteiger partial charge in [0.15, 0.2) is 0 Å². The first kappa shape index (κ1) is 10.8. The molecule has 1 aromatic heterocycles. The fraction of sp³-hybridized carbons (Fsp3) is 0.182. The summed E-state index contributed by atoms with van der Waals surface area (Å²) in [4.78, 5) is 4.39. The normalized spacial score (nSPS) is 12.7. The average molecular weight is 283 g/mol. The Balaban J connectivity index is 2.28. The van der Waals surface area contributed by atoms with E-state index in [2.05, 4.69) is 20.9 Å². The minimum atomic E-state index is -0.114. The van der Waals surface area contributed by atoms with Crippen molar-refractivity contribution in [2.24, 2.45) is 5.73 Å². The maximum absolute atomic E-state index is 6.11. The lowest BCUT2D eigenvalue weighted by atomic mass is 10.1. The van der Waals surface area contributed by atoms with Gasteiger partial charge in [0.05, 0.1) is 6.04 Å². The quantitative estimate of drug-likeness (QED) is 0.918. The first-order valence-corrected chi connectivity index (χ1v) is 6.27. The van der Waals surface area contributed by atoms with Gasteiger partial charge in [0, 0.05) is 15.5 Å². The molecule has 2 rings (SSSR count). The van der Waals surface area contributed by atoms with Crippen LogP contribution in [0, 0.1) is 6.92 Å². The lowest BCUT2D eigenvalue weighted by Gasteiger charge is -2.08. The Hall–Kier alpha value is -0.710. The van der Waals surface area contributed by atoms with Crippen LogP contribution in [0.25, 0.3) is 0 Å². The maximum atomic E-state index is 6.11. The van der Waals surface area contributed by atoms with Crippen molar-refractivity contribution in [1.82, 2.24) is 4.98 Å². The van der Waals surface area contributed by atoms with E-state index >= 15 is 0 Å². The summed E-state index contributed by atoms with van der Waals surface area (Å²) in [6, 6.07) is 7.92. The van der Waals surface area contributed by atoms with E-state index < -0.39 is 0 Å². The lowest BCUT2D eigenvalue weighted by molar-refractivity contribution is 0.852. The van der Waals surface area contributed by atoms with E-state index in [-0.39, 0.29) is 6.04 Å². The molecule has 0 radical (unpaired) electrons. The summed E-state index contributed by atoms with van der Waals surface area (Å²) in [6.07, 6.45) is 0. The summed E-state index contributed by atoms with van der Waals surface area (Å²) in [5.41, 5.74) is 8.23. The summed E-state index contributed by atoms with van der Waals surface area (Å²) < 4.78 is 1.06. The van der Waals surface area contributed by atoms with Crippen LogP contribution in [0.5, 0.6) is 0 Å². The molecule has 15 heavy (non-hydrogen) atoms. The largest absolute Gasteiger partial charge is 0.318 e. The van der Waals surface area contributed by atoms with Gasteiger partial charge in [-0.2, -0.15) is 0 Å². The Labute approximate surface area is 101 Å². The van der Waals surface area contributed by atoms with Gasteiger partial charge < -0.3 is 5.73 Å². The number of nitrogens with zero attached hydrogens (tertiary/aromatic N) is 1. The second-order valence-corrected chi connectivity index (χ2v) is 5.16. The predicted octanol–water partition coefficient (Wildman–Crippen LogP) is 3.26. The molecule has 2 aromatic rings. The molecule has 0 saturated heterocycles. The van der Waals surface area contributed by atoms with Crippen LogP contribution in [0.2, 0.25) is 0 Å². The molecular weight excluding hydrogens is 272 g/mol. The van der Waals surface area contributed by atoms with Crippen LogP contribution < -0.4 is 5.73 Å². The summed E-state index contributed by atoms with van der Waals surface area (Å²) in [5.74, 6) is 0. The summed E-state index contributed by atoms with van der Waals surface area (Å²) >= 11 is 5.01. The fourth-order valence-electron chi connectivity index (χ4n) is 1.33. The van der Waals surface area contributed by atoms with Crippen LogP contribution in [-0.2, 0) is 0 Å². The molecule has 4 heteroatoms. The van der Waals surface area contributed by atoms with Gasteiger partial charge in [0.1, 0.15) is 5.01 Å². The summed E-state index contributed by atoms with van der Waals surface area (Å²) in [6.45, 7) is 1.98. The molecule has 0 aliphatic heterocycles. The Morgan fingerprint density at radius 2 is 2.00 bits per heavy atom. The molecule has 2 nitrogen and oxygen atoms in total. The van der Waals surface area contributed by atoms with Gasteiger partial charge in [-0.1, -0.05) is 28.1 Å². The van der Waals surface area contributed by atoms with Crippen molar-refractivity contribution in [2.75, 3.05) is 0 Å². The van der Waals surface area contributed by atoms with Crippen molar-refractivity contribution in [3.05, 3.63) is 50.4 Å². The Bertz CT molecular complexity index is 450. The van der Waals surface area contributed by atoms with E-state index in [4.69, 9.17) is 5.73 Å². The highest BCUT2D eigenvalue weighted by Gasteiger charge is 2.11. The van der Waals surface area contributed by atoms with Gasteiger partial charge in [-0.15, -0.1) is 11.3 Å². The van der Waals surface area contributed by atoms with E-state index in [1.807, 2.05) is 36.6 Å². The van der Waals surface area contributed by atoms with Crippen LogP contribution in [0.1, 0.15) is 22.3 Å². The van der Waals surface area contributed by atoms with Gasteiger partial charge in [0.2, 0.25) is 0 Å². The van der Waals surface area contributed by atoms with Crippen LogP contribution in [0.3, 0.4) is 0 Å². The molecule has 0 aliphatic rings.